The standard InChI is InChI=1S/C28H19Cl2N5O4/c1-4-18-9-19(24-13-28(5-2,39-34-24)20-10-21(29)12-22(30)11-20)7-8-23(18)25(36)35(27(37)38-6-3)26-32-15-17(14-31)16-33-26/h4-12,15-16H,1-3,13H2. The molecule has 194 valence electrons. The second-order valence-electron chi connectivity index (χ2n) is 8.14. The van der Waals surface area contributed by atoms with Crippen molar-refractivity contribution in [2.75, 3.05) is 4.90 Å². The number of nitrogens with zero attached hydrogens (tertiary/aromatic N) is 5. The number of carbonyl (C=O) groups is 2. The Hall–Kier alpha value is -4.78. The van der Waals surface area contributed by atoms with E-state index in [1.54, 1.807) is 36.4 Å². The van der Waals surface area contributed by atoms with Gasteiger partial charge in [0.25, 0.3) is 5.91 Å². The summed E-state index contributed by atoms with van der Waals surface area (Å²) < 4.78 is 4.83. The fraction of sp³-hybridized carbons (Fsp3) is 0.0714. The predicted molar refractivity (Wildman–Crippen MR) is 147 cm³/mol. The summed E-state index contributed by atoms with van der Waals surface area (Å²) in [6.07, 6.45) is 5.55. The van der Waals surface area contributed by atoms with Gasteiger partial charge in [-0.2, -0.15) is 10.2 Å². The Kier molecular flexibility index (Phi) is 7.91. The van der Waals surface area contributed by atoms with Crippen molar-refractivity contribution in [3.8, 4) is 6.07 Å². The molecule has 2 aromatic carbocycles. The van der Waals surface area contributed by atoms with E-state index in [2.05, 4.69) is 34.9 Å². The quantitative estimate of drug-likeness (QED) is 0.241. The smallest absolute Gasteiger partial charge is 0.418 e. The van der Waals surface area contributed by atoms with E-state index in [0.717, 1.165) is 6.26 Å². The second kappa shape index (κ2) is 11.3. The van der Waals surface area contributed by atoms with Crippen LogP contribution in [0.5, 0.6) is 0 Å². The number of ether oxygens (including phenoxy) is 1. The van der Waals surface area contributed by atoms with Crippen molar-refractivity contribution in [1.82, 2.24) is 9.97 Å². The van der Waals surface area contributed by atoms with Gasteiger partial charge in [0.15, 0.2) is 5.60 Å². The van der Waals surface area contributed by atoms with Crippen LogP contribution in [0.4, 0.5) is 10.7 Å². The Morgan fingerprint density at radius 3 is 2.38 bits per heavy atom. The number of hydrogen-bond acceptors (Lipinski definition) is 8. The topological polar surface area (TPSA) is 118 Å². The number of hydrogen-bond donors (Lipinski definition) is 0. The summed E-state index contributed by atoms with van der Waals surface area (Å²) in [5.41, 5.74) is 1.56. The maximum absolute atomic E-state index is 13.5. The summed E-state index contributed by atoms with van der Waals surface area (Å²) in [7, 11) is 0. The van der Waals surface area contributed by atoms with Gasteiger partial charge in [0.1, 0.15) is 6.07 Å². The molecule has 4 rings (SSSR count). The molecule has 1 aliphatic heterocycles. The highest BCUT2D eigenvalue weighted by atomic mass is 35.5. The van der Waals surface area contributed by atoms with Crippen LogP contribution in [0.3, 0.4) is 0 Å². The Morgan fingerprint density at radius 2 is 1.79 bits per heavy atom. The molecule has 0 radical (unpaired) electrons. The van der Waals surface area contributed by atoms with Crippen LogP contribution in [-0.2, 0) is 15.2 Å². The Labute approximate surface area is 233 Å². The first-order valence-corrected chi connectivity index (χ1v) is 12.0. The van der Waals surface area contributed by atoms with E-state index in [1.165, 1.54) is 24.5 Å². The zero-order valence-corrected chi connectivity index (χ0v) is 21.8. The maximum atomic E-state index is 13.5. The number of carbonyl (C=O) groups excluding carboxylic acids is 2. The molecule has 0 aliphatic carbocycles. The largest absolute Gasteiger partial charge is 0.428 e. The van der Waals surface area contributed by atoms with Crippen molar-refractivity contribution in [3.63, 3.8) is 0 Å². The van der Waals surface area contributed by atoms with Gasteiger partial charge in [-0.3, -0.25) is 4.79 Å². The Morgan fingerprint density at radius 1 is 1.10 bits per heavy atom. The fourth-order valence-electron chi connectivity index (χ4n) is 3.88. The lowest BCUT2D eigenvalue weighted by molar-refractivity contribution is 0.0180. The highest BCUT2D eigenvalue weighted by Gasteiger charge is 2.39. The van der Waals surface area contributed by atoms with Gasteiger partial charge in [-0.15, -0.1) is 0 Å². The third-order valence-corrected chi connectivity index (χ3v) is 6.24. The average Bonchev–Trinajstić information content (AvgIpc) is 3.39. The molecular formula is C28H19Cl2N5O4. The van der Waals surface area contributed by atoms with E-state index in [-0.39, 0.29) is 17.1 Å². The molecule has 3 aromatic rings. The molecule has 1 aliphatic rings. The Bertz CT molecular complexity index is 1560. The minimum absolute atomic E-state index is 0.110. The number of aromatic nitrogens is 2. The van der Waals surface area contributed by atoms with Gasteiger partial charge in [-0.25, -0.2) is 14.8 Å². The summed E-state index contributed by atoms with van der Waals surface area (Å²) in [6.45, 7) is 11.1. The number of benzene rings is 2. The lowest BCUT2D eigenvalue weighted by Gasteiger charge is -2.23. The molecule has 0 saturated heterocycles. The van der Waals surface area contributed by atoms with E-state index in [1.807, 2.05) is 6.07 Å². The number of anilines is 1. The SMILES string of the molecule is C=COC(=O)N(C(=O)c1ccc(C2=NOC(C=C)(c3cc(Cl)cc(Cl)c3)C2)cc1C=C)c1ncc(C#N)cn1. The third kappa shape index (κ3) is 5.43. The zero-order valence-electron chi connectivity index (χ0n) is 20.3. The molecule has 2 heterocycles. The first-order chi connectivity index (χ1) is 18.7. The van der Waals surface area contributed by atoms with Crippen LogP contribution in [0.1, 0.15) is 39.0 Å². The highest BCUT2D eigenvalue weighted by Crippen LogP contribution is 2.40. The first kappa shape index (κ1) is 27.3. The van der Waals surface area contributed by atoms with Gasteiger partial charge in [-0.1, -0.05) is 60.2 Å². The van der Waals surface area contributed by atoms with E-state index < -0.39 is 17.6 Å². The van der Waals surface area contributed by atoms with E-state index in [9.17, 15) is 9.59 Å². The van der Waals surface area contributed by atoms with Gasteiger partial charge in [0.2, 0.25) is 5.95 Å². The summed E-state index contributed by atoms with van der Waals surface area (Å²) in [5, 5.41) is 14.2. The van der Waals surface area contributed by atoms with Gasteiger partial charge >= 0.3 is 6.09 Å². The van der Waals surface area contributed by atoms with E-state index in [4.69, 9.17) is 38.0 Å². The second-order valence-corrected chi connectivity index (χ2v) is 9.01. The van der Waals surface area contributed by atoms with Crippen molar-refractivity contribution in [3.05, 3.63) is 119 Å². The molecule has 0 bridgehead atoms. The summed E-state index contributed by atoms with van der Waals surface area (Å²) in [5.74, 6) is -1.07. The number of imide groups is 1. The van der Waals surface area contributed by atoms with Crippen LogP contribution >= 0.6 is 23.2 Å². The number of nitriles is 1. The van der Waals surface area contributed by atoms with Crippen molar-refractivity contribution in [1.29, 1.82) is 5.26 Å². The molecule has 2 amide bonds. The monoisotopic (exact) mass is 559 g/mol. The average molecular weight is 560 g/mol. The molecule has 1 aromatic heterocycles. The molecule has 9 nitrogen and oxygen atoms in total. The van der Waals surface area contributed by atoms with E-state index >= 15 is 0 Å². The van der Waals surface area contributed by atoms with Crippen LogP contribution in [0.25, 0.3) is 6.08 Å². The summed E-state index contributed by atoms with van der Waals surface area (Å²) in [6, 6.07) is 11.8. The van der Waals surface area contributed by atoms with Crippen LogP contribution in [0.15, 0.2) is 86.0 Å². The number of rotatable bonds is 7. The lowest BCUT2D eigenvalue weighted by Crippen LogP contribution is -2.38. The minimum atomic E-state index is -1.08. The maximum Gasteiger partial charge on any atom is 0.428 e. The summed E-state index contributed by atoms with van der Waals surface area (Å²) >= 11 is 12.4. The van der Waals surface area contributed by atoms with Crippen molar-refractivity contribution < 1.29 is 19.2 Å². The molecule has 1 unspecified atom stereocenters. The predicted octanol–water partition coefficient (Wildman–Crippen LogP) is 6.43. The van der Waals surface area contributed by atoms with Crippen LogP contribution in [0, 0.1) is 11.3 Å². The van der Waals surface area contributed by atoms with Gasteiger partial charge in [-0.05, 0) is 42.0 Å². The van der Waals surface area contributed by atoms with Crippen molar-refractivity contribution >= 4 is 52.9 Å². The zero-order chi connectivity index (χ0) is 28.2. The Balaban J connectivity index is 1.67. The number of halogens is 2. The van der Waals surface area contributed by atoms with Crippen molar-refractivity contribution in [2.24, 2.45) is 5.16 Å². The molecular weight excluding hydrogens is 541 g/mol. The molecule has 0 N–H and O–H groups in total. The van der Waals surface area contributed by atoms with Gasteiger partial charge in [0, 0.05) is 33.2 Å². The van der Waals surface area contributed by atoms with Crippen LogP contribution in [0.2, 0.25) is 10.0 Å². The molecule has 0 fully saturated rings. The van der Waals surface area contributed by atoms with Crippen LogP contribution in [-0.4, -0.2) is 27.7 Å². The van der Waals surface area contributed by atoms with Gasteiger partial charge < -0.3 is 9.57 Å². The number of amides is 2. The minimum Gasteiger partial charge on any atom is -0.418 e. The summed E-state index contributed by atoms with van der Waals surface area (Å²) in [4.78, 5) is 40.5. The molecule has 0 spiro atoms. The third-order valence-electron chi connectivity index (χ3n) is 5.80. The van der Waals surface area contributed by atoms with Crippen molar-refractivity contribution in [2.45, 2.75) is 12.0 Å². The lowest BCUT2D eigenvalue weighted by atomic mass is 9.87. The number of oxime groups is 1. The molecule has 1 atom stereocenters. The molecule has 39 heavy (non-hydrogen) atoms. The molecule has 0 saturated carbocycles. The normalized spacial score (nSPS) is 15.8. The van der Waals surface area contributed by atoms with Gasteiger partial charge in [0.05, 0.1) is 29.9 Å². The van der Waals surface area contributed by atoms with E-state index in [0.29, 0.717) is 43.8 Å². The van der Waals surface area contributed by atoms with Crippen LogP contribution < -0.4 is 4.90 Å². The first-order valence-electron chi connectivity index (χ1n) is 11.3. The fourth-order valence-corrected chi connectivity index (χ4v) is 4.41. The highest BCUT2D eigenvalue weighted by molar-refractivity contribution is 6.34. The molecule has 11 heteroatoms.